The molecule has 7 nitrogen and oxygen atoms in total. The van der Waals surface area contributed by atoms with Crippen molar-refractivity contribution >= 4 is 28.9 Å². The summed E-state index contributed by atoms with van der Waals surface area (Å²) in [5, 5.41) is 13.9. The van der Waals surface area contributed by atoms with Gasteiger partial charge in [0.05, 0.1) is 12.0 Å². The Kier molecular flexibility index (Phi) is 5.59. The van der Waals surface area contributed by atoms with Crippen LogP contribution >= 0.6 is 11.6 Å². The first kappa shape index (κ1) is 17.6. The summed E-state index contributed by atoms with van der Waals surface area (Å²) in [5.74, 6) is 0.111. The molecular formula is C16H15ClN2O5. The summed E-state index contributed by atoms with van der Waals surface area (Å²) in [6, 6.07) is 10.8. The van der Waals surface area contributed by atoms with Gasteiger partial charge in [0, 0.05) is 22.8 Å². The van der Waals surface area contributed by atoms with Crippen LogP contribution in [-0.2, 0) is 4.79 Å². The first-order chi connectivity index (χ1) is 11.4. The summed E-state index contributed by atoms with van der Waals surface area (Å²) >= 11 is 5.74. The highest BCUT2D eigenvalue weighted by Crippen LogP contribution is 2.30. The Morgan fingerprint density at radius 3 is 2.71 bits per heavy atom. The molecule has 0 radical (unpaired) electrons. The van der Waals surface area contributed by atoms with Crippen LogP contribution < -0.4 is 14.8 Å². The quantitative estimate of drug-likeness (QED) is 0.634. The van der Waals surface area contributed by atoms with Crippen molar-refractivity contribution in [2.24, 2.45) is 0 Å². The second kappa shape index (κ2) is 7.65. The fourth-order valence-corrected chi connectivity index (χ4v) is 2.09. The van der Waals surface area contributed by atoms with Gasteiger partial charge in [0.1, 0.15) is 5.75 Å². The predicted octanol–water partition coefficient (Wildman–Crippen LogP) is 3.66. The molecule has 2 aromatic rings. The molecule has 1 atom stereocenters. The number of rotatable bonds is 6. The van der Waals surface area contributed by atoms with E-state index in [9.17, 15) is 14.9 Å². The molecule has 0 fully saturated rings. The maximum Gasteiger partial charge on any atom is 0.312 e. The normalized spacial score (nSPS) is 11.5. The molecule has 8 heteroatoms. The lowest BCUT2D eigenvalue weighted by atomic mass is 10.2. The van der Waals surface area contributed by atoms with Gasteiger partial charge in [-0.15, -0.1) is 0 Å². The third-order valence-electron chi connectivity index (χ3n) is 3.13. The summed E-state index contributed by atoms with van der Waals surface area (Å²) < 4.78 is 10.5. The number of carbonyl (C=O) groups is 1. The molecule has 0 saturated heterocycles. The van der Waals surface area contributed by atoms with E-state index in [1.807, 2.05) is 0 Å². The van der Waals surface area contributed by atoms with Gasteiger partial charge in [-0.3, -0.25) is 14.9 Å². The average Bonchev–Trinajstić information content (AvgIpc) is 2.56. The smallest absolute Gasteiger partial charge is 0.312 e. The molecule has 1 amide bonds. The lowest BCUT2D eigenvalue weighted by Gasteiger charge is -2.15. The number of nitro benzene ring substituents is 1. The highest BCUT2D eigenvalue weighted by atomic mass is 35.5. The molecule has 0 saturated carbocycles. The van der Waals surface area contributed by atoms with Gasteiger partial charge in [-0.2, -0.15) is 0 Å². The Labute approximate surface area is 143 Å². The van der Waals surface area contributed by atoms with Gasteiger partial charge < -0.3 is 14.8 Å². The fourth-order valence-electron chi connectivity index (χ4n) is 1.92. The Morgan fingerprint density at radius 1 is 1.29 bits per heavy atom. The summed E-state index contributed by atoms with van der Waals surface area (Å²) in [4.78, 5) is 22.6. The summed E-state index contributed by atoms with van der Waals surface area (Å²) in [6.07, 6.45) is -0.948. The number of benzene rings is 2. The lowest BCUT2D eigenvalue weighted by Crippen LogP contribution is -2.30. The third-order valence-corrected chi connectivity index (χ3v) is 3.36. The van der Waals surface area contributed by atoms with Crippen LogP contribution in [0.5, 0.6) is 11.5 Å². The number of halogens is 1. The number of carbonyl (C=O) groups excluding carboxylic acids is 1. The molecule has 0 spiro atoms. The van der Waals surface area contributed by atoms with Crippen LogP contribution in [0.1, 0.15) is 6.92 Å². The number of amides is 1. The highest BCUT2D eigenvalue weighted by Gasteiger charge is 2.21. The molecule has 24 heavy (non-hydrogen) atoms. The van der Waals surface area contributed by atoms with E-state index in [0.29, 0.717) is 11.4 Å². The molecule has 0 bridgehead atoms. The number of anilines is 1. The Balaban J connectivity index is 2.10. The first-order valence-corrected chi connectivity index (χ1v) is 7.34. The van der Waals surface area contributed by atoms with Gasteiger partial charge in [-0.1, -0.05) is 17.7 Å². The molecule has 0 aliphatic rings. The van der Waals surface area contributed by atoms with Crippen molar-refractivity contribution in [3.8, 4) is 11.5 Å². The fraction of sp³-hybridized carbons (Fsp3) is 0.188. The van der Waals surface area contributed by atoms with Crippen molar-refractivity contribution in [1.29, 1.82) is 0 Å². The zero-order chi connectivity index (χ0) is 17.7. The summed E-state index contributed by atoms with van der Waals surface area (Å²) in [5.41, 5.74) is 0.226. The van der Waals surface area contributed by atoms with Crippen molar-refractivity contribution in [3.63, 3.8) is 0 Å². The number of nitro groups is 1. The molecule has 126 valence electrons. The SMILES string of the molecule is COc1cccc(NC(=O)[C@@H](C)Oc2ccc(Cl)cc2[N+](=O)[O-])c1. The Bertz CT molecular complexity index is 766. The molecule has 1 N–H and O–H groups in total. The minimum Gasteiger partial charge on any atom is -0.497 e. The number of ether oxygens (including phenoxy) is 2. The van der Waals surface area contributed by atoms with E-state index in [2.05, 4.69) is 5.32 Å². The van der Waals surface area contributed by atoms with E-state index in [1.165, 1.54) is 32.2 Å². The minimum absolute atomic E-state index is 0.0299. The molecule has 0 aromatic heterocycles. The zero-order valence-electron chi connectivity index (χ0n) is 13.0. The van der Waals surface area contributed by atoms with Gasteiger partial charge >= 0.3 is 5.69 Å². The molecule has 2 aromatic carbocycles. The standard InChI is InChI=1S/C16H15ClN2O5/c1-10(16(20)18-12-4-3-5-13(9-12)23-2)24-15-7-6-11(17)8-14(15)19(21)22/h3-10H,1-2H3,(H,18,20)/t10-/m1/s1. The highest BCUT2D eigenvalue weighted by molar-refractivity contribution is 6.30. The van der Waals surface area contributed by atoms with Crippen molar-refractivity contribution in [3.05, 3.63) is 57.6 Å². The molecular weight excluding hydrogens is 336 g/mol. The number of methoxy groups -OCH3 is 1. The number of nitrogens with one attached hydrogen (secondary N) is 1. The maximum absolute atomic E-state index is 12.2. The largest absolute Gasteiger partial charge is 0.497 e. The molecule has 2 rings (SSSR count). The maximum atomic E-state index is 12.2. The second-order valence-electron chi connectivity index (χ2n) is 4.85. The van der Waals surface area contributed by atoms with E-state index in [0.717, 1.165) is 0 Å². The monoisotopic (exact) mass is 350 g/mol. The first-order valence-electron chi connectivity index (χ1n) is 6.96. The third kappa shape index (κ3) is 4.36. The van der Waals surface area contributed by atoms with Crippen LogP contribution in [0.2, 0.25) is 5.02 Å². The molecule has 0 unspecified atom stereocenters. The predicted molar refractivity (Wildman–Crippen MR) is 89.8 cm³/mol. The van der Waals surface area contributed by atoms with E-state index in [4.69, 9.17) is 21.1 Å². The van der Waals surface area contributed by atoms with E-state index in [1.54, 1.807) is 24.3 Å². The van der Waals surface area contributed by atoms with Crippen LogP contribution in [0.3, 0.4) is 0 Å². The van der Waals surface area contributed by atoms with Gasteiger partial charge in [0.2, 0.25) is 0 Å². The van der Waals surface area contributed by atoms with Gasteiger partial charge in [-0.25, -0.2) is 0 Å². The van der Waals surface area contributed by atoms with E-state index in [-0.39, 0.29) is 16.5 Å². The lowest BCUT2D eigenvalue weighted by molar-refractivity contribution is -0.386. The van der Waals surface area contributed by atoms with Crippen molar-refractivity contribution in [2.45, 2.75) is 13.0 Å². The van der Waals surface area contributed by atoms with Crippen molar-refractivity contribution in [1.82, 2.24) is 0 Å². The van der Waals surface area contributed by atoms with E-state index >= 15 is 0 Å². The number of nitrogens with zero attached hydrogens (tertiary/aromatic N) is 1. The Morgan fingerprint density at radius 2 is 2.04 bits per heavy atom. The summed E-state index contributed by atoms with van der Waals surface area (Å²) in [7, 11) is 1.52. The van der Waals surface area contributed by atoms with Crippen LogP contribution in [0, 0.1) is 10.1 Å². The number of hydrogen-bond acceptors (Lipinski definition) is 5. The van der Waals surface area contributed by atoms with Crippen molar-refractivity contribution < 1.29 is 19.2 Å². The summed E-state index contributed by atoms with van der Waals surface area (Å²) in [6.45, 7) is 1.49. The van der Waals surface area contributed by atoms with Gasteiger partial charge in [-0.05, 0) is 31.2 Å². The molecule has 0 aliphatic heterocycles. The zero-order valence-corrected chi connectivity index (χ0v) is 13.7. The van der Waals surface area contributed by atoms with Crippen LogP contribution in [0.4, 0.5) is 11.4 Å². The van der Waals surface area contributed by atoms with Gasteiger partial charge in [0.15, 0.2) is 11.9 Å². The topological polar surface area (TPSA) is 90.7 Å². The van der Waals surface area contributed by atoms with Crippen molar-refractivity contribution in [2.75, 3.05) is 12.4 Å². The van der Waals surface area contributed by atoms with Crippen LogP contribution in [-0.4, -0.2) is 24.0 Å². The van der Waals surface area contributed by atoms with Crippen LogP contribution in [0.25, 0.3) is 0 Å². The number of hydrogen-bond donors (Lipinski definition) is 1. The minimum atomic E-state index is -0.948. The van der Waals surface area contributed by atoms with Gasteiger partial charge in [0.25, 0.3) is 5.91 Å². The van der Waals surface area contributed by atoms with Crippen LogP contribution in [0.15, 0.2) is 42.5 Å². The molecule has 0 aliphatic carbocycles. The second-order valence-corrected chi connectivity index (χ2v) is 5.29. The van der Waals surface area contributed by atoms with E-state index < -0.39 is 16.9 Å². The molecule has 0 heterocycles. The average molecular weight is 351 g/mol. The Hall–Kier alpha value is -2.80.